The summed E-state index contributed by atoms with van der Waals surface area (Å²) in [5.74, 6) is 2.12. The summed E-state index contributed by atoms with van der Waals surface area (Å²) >= 11 is 1.00. The lowest BCUT2D eigenvalue weighted by molar-refractivity contribution is -0.140. The number of nitrogens with zero attached hydrogens (tertiary/aromatic N) is 2. The molecule has 0 aromatic carbocycles. The molecular formula is C16H25F3N4S. The molecule has 1 aromatic heterocycles. The van der Waals surface area contributed by atoms with Crippen LogP contribution in [-0.2, 0) is 12.7 Å². The monoisotopic (exact) mass is 362 g/mol. The predicted octanol–water partition coefficient (Wildman–Crippen LogP) is 4.04. The number of aliphatic imine (C=N–C) groups is 1. The molecule has 0 unspecified atom stereocenters. The summed E-state index contributed by atoms with van der Waals surface area (Å²) in [6, 6.07) is 0.369. The van der Waals surface area contributed by atoms with Crippen LogP contribution in [-0.4, -0.2) is 24.0 Å². The minimum atomic E-state index is -4.39. The van der Waals surface area contributed by atoms with Crippen molar-refractivity contribution in [1.29, 1.82) is 0 Å². The van der Waals surface area contributed by atoms with Crippen molar-refractivity contribution in [3.63, 3.8) is 0 Å². The Bertz CT molecular complexity index is 546. The van der Waals surface area contributed by atoms with Crippen LogP contribution >= 0.6 is 11.3 Å². The summed E-state index contributed by atoms with van der Waals surface area (Å²) < 4.78 is 37.7. The summed E-state index contributed by atoms with van der Waals surface area (Å²) in [7, 11) is 1.66. The van der Waals surface area contributed by atoms with Crippen LogP contribution in [0.2, 0.25) is 0 Å². The first-order chi connectivity index (χ1) is 11.3. The Morgan fingerprint density at radius 1 is 1.33 bits per heavy atom. The average molecular weight is 362 g/mol. The standard InChI is InChI=1S/C16H25F3N4S/c1-10(2)11-4-6-12(7-5-11)22-15(20-3)21-8-14-23-13(9-24-14)16(17,18)19/h9-12H,4-8H2,1-3H3,(H2,20,21,22). The number of nitrogens with one attached hydrogen (secondary N) is 2. The van der Waals surface area contributed by atoms with Gasteiger partial charge in [-0.05, 0) is 37.5 Å². The Labute approximate surface area is 145 Å². The quantitative estimate of drug-likeness (QED) is 0.628. The second-order valence-corrected chi connectivity index (χ2v) is 7.49. The lowest BCUT2D eigenvalue weighted by atomic mass is 9.80. The zero-order chi connectivity index (χ0) is 17.7. The summed E-state index contributed by atoms with van der Waals surface area (Å²) in [5.41, 5.74) is -0.834. The Morgan fingerprint density at radius 3 is 2.50 bits per heavy atom. The topological polar surface area (TPSA) is 49.3 Å². The van der Waals surface area contributed by atoms with Gasteiger partial charge >= 0.3 is 6.18 Å². The Balaban J connectivity index is 1.80. The maximum atomic E-state index is 12.6. The molecule has 0 bridgehead atoms. The van der Waals surface area contributed by atoms with E-state index in [-0.39, 0.29) is 6.54 Å². The fourth-order valence-electron chi connectivity index (χ4n) is 3.00. The minimum absolute atomic E-state index is 0.238. The number of hydrogen-bond donors (Lipinski definition) is 2. The van der Waals surface area contributed by atoms with Gasteiger partial charge in [0.25, 0.3) is 0 Å². The molecule has 0 spiro atoms. The van der Waals surface area contributed by atoms with Crippen molar-refractivity contribution >= 4 is 17.3 Å². The first-order valence-corrected chi connectivity index (χ1v) is 9.16. The molecule has 2 rings (SSSR count). The Hall–Kier alpha value is -1.31. The highest BCUT2D eigenvalue weighted by Crippen LogP contribution is 2.30. The summed E-state index contributed by atoms with van der Waals surface area (Å²) in [5, 5.41) is 7.86. The lowest BCUT2D eigenvalue weighted by Gasteiger charge is -2.32. The molecule has 4 nitrogen and oxygen atoms in total. The fraction of sp³-hybridized carbons (Fsp3) is 0.750. The fourth-order valence-corrected chi connectivity index (χ4v) is 3.74. The number of hydrogen-bond acceptors (Lipinski definition) is 3. The minimum Gasteiger partial charge on any atom is -0.354 e. The molecule has 0 aliphatic heterocycles. The number of rotatable bonds is 4. The molecule has 8 heteroatoms. The van der Waals surface area contributed by atoms with Gasteiger partial charge < -0.3 is 10.6 Å². The zero-order valence-electron chi connectivity index (χ0n) is 14.3. The van der Waals surface area contributed by atoms with Crippen LogP contribution < -0.4 is 10.6 Å². The van der Waals surface area contributed by atoms with E-state index >= 15 is 0 Å². The number of halogens is 3. The van der Waals surface area contributed by atoms with E-state index < -0.39 is 11.9 Å². The summed E-state index contributed by atoms with van der Waals surface area (Å²) in [4.78, 5) is 7.77. The Morgan fingerprint density at radius 2 is 2.00 bits per heavy atom. The van der Waals surface area contributed by atoms with Crippen molar-refractivity contribution in [2.24, 2.45) is 16.8 Å². The van der Waals surface area contributed by atoms with E-state index in [0.29, 0.717) is 17.0 Å². The molecular weight excluding hydrogens is 337 g/mol. The third-order valence-corrected chi connectivity index (χ3v) is 5.38. The molecule has 0 radical (unpaired) electrons. The van der Waals surface area contributed by atoms with Crippen molar-refractivity contribution in [2.75, 3.05) is 7.05 Å². The summed E-state index contributed by atoms with van der Waals surface area (Å²) in [6.07, 6.45) is 0.212. The van der Waals surface area contributed by atoms with Crippen LogP contribution in [0.25, 0.3) is 0 Å². The van der Waals surface area contributed by atoms with Crippen LogP contribution in [0.4, 0.5) is 13.2 Å². The molecule has 1 aliphatic carbocycles. The largest absolute Gasteiger partial charge is 0.434 e. The smallest absolute Gasteiger partial charge is 0.354 e. The SMILES string of the molecule is CN=C(NCc1nc(C(F)(F)F)cs1)NC1CCC(C(C)C)CC1. The molecule has 24 heavy (non-hydrogen) atoms. The van der Waals surface area contributed by atoms with E-state index in [4.69, 9.17) is 0 Å². The highest BCUT2D eigenvalue weighted by atomic mass is 32.1. The third kappa shape index (κ3) is 5.36. The second kappa shape index (κ2) is 8.18. The molecule has 0 amide bonds. The molecule has 1 heterocycles. The molecule has 0 saturated heterocycles. The first-order valence-electron chi connectivity index (χ1n) is 8.28. The van der Waals surface area contributed by atoms with Gasteiger partial charge in [-0.1, -0.05) is 13.8 Å². The molecule has 136 valence electrons. The molecule has 1 aliphatic rings. The van der Waals surface area contributed by atoms with Gasteiger partial charge in [0.15, 0.2) is 11.7 Å². The predicted molar refractivity (Wildman–Crippen MR) is 91.0 cm³/mol. The molecule has 0 atom stereocenters. The number of alkyl halides is 3. The van der Waals surface area contributed by atoms with Gasteiger partial charge in [-0.15, -0.1) is 11.3 Å². The van der Waals surface area contributed by atoms with Gasteiger partial charge in [0.1, 0.15) is 5.01 Å². The maximum absolute atomic E-state index is 12.6. The maximum Gasteiger partial charge on any atom is 0.434 e. The van der Waals surface area contributed by atoms with Gasteiger partial charge in [0, 0.05) is 18.5 Å². The van der Waals surface area contributed by atoms with E-state index in [1.165, 1.54) is 12.8 Å². The van der Waals surface area contributed by atoms with E-state index in [0.717, 1.165) is 41.4 Å². The average Bonchev–Trinajstić information content (AvgIpc) is 3.01. The van der Waals surface area contributed by atoms with Crippen LogP contribution in [0, 0.1) is 11.8 Å². The van der Waals surface area contributed by atoms with Crippen LogP contribution in [0.15, 0.2) is 10.4 Å². The van der Waals surface area contributed by atoms with Crippen molar-refractivity contribution < 1.29 is 13.2 Å². The first kappa shape index (κ1) is 19.0. The van der Waals surface area contributed by atoms with Crippen molar-refractivity contribution in [1.82, 2.24) is 15.6 Å². The van der Waals surface area contributed by atoms with Gasteiger partial charge in [-0.25, -0.2) is 4.98 Å². The van der Waals surface area contributed by atoms with Crippen molar-refractivity contribution in [3.8, 4) is 0 Å². The highest BCUT2D eigenvalue weighted by Gasteiger charge is 2.33. The lowest BCUT2D eigenvalue weighted by Crippen LogP contribution is -2.44. The third-order valence-electron chi connectivity index (χ3n) is 4.53. The number of guanidine groups is 1. The normalized spacial score (nSPS) is 22.7. The van der Waals surface area contributed by atoms with Crippen LogP contribution in [0.5, 0.6) is 0 Å². The van der Waals surface area contributed by atoms with Gasteiger partial charge in [0.05, 0.1) is 6.54 Å². The Kier molecular flexibility index (Phi) is 6.48. The molecule has 2 N–H and O–H groups in total. The summed E-state index contributed by atoms with van der Waals surface area (Å²) in [6.45, 7) is 4.77. The van der Waals surface area contributed by atoms with E-state index in [9.17, 15) is 13.2 Å². The zero-order valence-corrected chi connectivity index (χ0v) is 15.1. The van der Waals surface area contributed by atoms with Crippen LogP contribution in [0.1, 0.15) is 50.2 Å². The van der Waals surface area contributed by atoms with Crippen molar-refractivity contribution in [3.05, 3.63) is 16.1 Å². The highest BCUT2D eigenvalue weighted by molar-refractivity contribution is 7.09. The van der Waals surface area contributed by atoms with Gasteiger partial charge in [-0.3, -0.25) is 4.99 Å². The molecule has 1 fully saturated rings. The number of thiazole rings is 1. The van der Waals surface area contributed by atoms with Gasteiger partial charge in [-0.2, -0.15) is 13.2 Å². The van der Waals surface area contributed by atoms with Crippen molar-refractivity contribution in [2.45, 2.75) is 58.3 Å². The number of aromatic nitrogens is 1. The van der Waals surface area contributed by atoms with Gasteiger partial charge in [0.2, 0.25) is 0 Å². The van der Waals surface area contributed by atoms with E-state index in [1.807, 2.05) is 0 Å². The van der Waals surface area contributed by atoms with E-state index in [1.54, 1.807) is 7.05 Å². The second-order valence-electron chi connectivity index (χ2n) is 6.55. The molecule has 1 saturated carbocycles. The van der Waals surface area contributed by atoms with E-state index in [2.05, 4.69) is 34.5 Å². The molecule has 1 aromatic rings. The van der Waals surface area contributed by atoms with Crippen LogP contribution in [0.3, 0.4) is 0 Å².